The number of nitrogen functional groups attached to an aromatic ring is 1. The lowest BCUT2D eigenvalue weighted by Gasteiger charge is -2.13. The molecule has 1 heterocycles. The Morgan fingerprint density at radius 1 is 1.15 bits per heavy atom. The van der Waals surface area contributed by atoms with Gasteiger partial charge in [-0.25, -0.2) is 9.66 Å². The fourth-order valence-electron chi connectivity index (χ4n) is 2.59. The second-order valence-electron chi connectivity index (χ2n) is 5.85. The molecule has 7 heteroatoms. The van der Waals surface area contributed by atoms with E-state index in [1.54, 1.807) is 26.6 Å². The van der Waals surface area contributed by atoms with Crippen molar-refractivity contribution < 1.29 is 14.2 Å². The molecule has 3 rings (SSSR count). The molecule has 0 aliphatic carbocycles. The Hall–Kier alpha value is -3.48. The topological polar surface area (TPSA) is 83.9 Å². The van der Waals surface area contributed by atoms with Crippen LogP contribution >= 0.6 is 0 Å². The number of anilines is 1. The lowest BCUT2D eigenvalue weighted by atomic mass is 10.2. The van der Waals surface area contributed by atoms with E-state index in [9.17, 15) is 0 Å². The smallest absolute Gasteiger partial charge is 0.221 e. The molecule has 0 saturated carbocycles. The maximum Gasteiger partial charge on any atom is 0.221 e. The Balaban J connectivity index is 1.85. The molecule has 1 aromatic heterocycles. The minimum absolute atomic E-state index is 0.325. The first-order valence-electron chi connectivity index (χ1n) is 8.39. The van der Waals surface area contributed by atoms with Gasteiger partial charge in [-0.2, -0.15) is 5.10 Å². The molecular formula is C20H22N4O3. The minimum Gasteiger partial charge on any atom is -0.497 e. The molecule has 140 valence electrons. The number of nitrogens with zero attached hydrogens (tertiary/aromatic N) is 3. The van der Waals surface area contributed by atoms with Crippen LogP contribution in [0.3, 0.4) is 0 Å². The maximum absolute atomic E-state index is 6.04. The van der Waals surface area contributed by atoms with Crippen molar-refractivity contribution in [3.63, 3.8) is 0 Å². The molecule has 0 spiro atoms. The first kappa shape index (κ1) is 18.3. The summed E-state index contributed by atoms with van der Waals surface area (Å²) in [5.41, 5.74) is 8.38. The molecule has 0 bridgehead atoms. The van der Waals surface area contributed by atoms with Crippen LogP contribution in [0.15, 0.2) is 53.8 Å². The van der Waals surface area contributed by atoms with Gasteiger partial charge in [-0.05, 0) is 36.8 Å². The summed E-state index contributed by atoms with van der Waals surface area (Å²) in [5.74, 6) is 2.33. The fraction of sp³-hybridized carbons (Fsp3) is 0.200. The number of hydrogen-bond acceptors (Lipinski definition) is 6. The van der Waals surface area contributed by atoms with Crippen LogP contribution in [-0.2, 0) is 6.61 Å². The maximum atomic E-state index is 6.04. The van der Waals surface area contributed by atoms with E-state index in [1.807, 2.05) is 49.4 Å². The molecule has 0 saturated heterocycles. The van der Waals surface area contributed by atoms with E-state index >= 15 is 0 Å². The van der Waals surface area contributed by atoms with E-state index in [4.69, 9.17) is 19.9 Å². The van der Waals surface area contributed by atoms with Crippen molar-refractivity contribution in [3.05, 3.63) is 65.5 Å². The van der Waals surface area contributed by atoms with Crippen LogP contribution in [0.2, 0.25) is 0 Å². The molecule has 0 aliphatic rings. The molecule has 2 aromatic carbocycles. The van der Waals surface area contributed by atoms with Crippen LogP contribution in [0.1, 0.15) is 16.8 Å². The molecule has 0 aliphatic heterocycles. The zero-order valence-electron chi connectivity index (χ0n) is 15.5. The van der Waals surface area contributed by atoms with Gasteiger partial charge in [0.15, 0.2) is 11.5 Å². The summed E-state index contributed by atoms with van der Waals surface area (Å²) < 4.78 is 18.3. The highest BCUT2D eigenvalue weighted by Crippen LogP contribution is 2.31. The summed E-state index contributed by atoms with van der Waals surface area (Å²) in [6, 6.07) is 13.3. The van der Waals surface area contributed by atoms with Crippen molar-refractivity contribution in [1.82, 2.24) is 9.66 Å². The first-order chi connectivity index (χ1) is 13.1. The van der Waals surface area contributed by atoms with E-state index in [-0.39, 0.29) is 0 Å². The number of aromatic nitrogens is 2. The van der Waals surface area contributed by atoms with Crippen LogP contribution in [-0.4, -0.2) is 30.1 Å². The van der Waals surface area contributed by atoms with Crippen LogP contribution in [0.25, 0.3) is 0 Å². The van der Waals surface area contributed by atoms with Crippen molar-refractivity contribution >= 4 is 12.2 Å². The molecule has 0 atom stereocenters. The molecule has 3 aromatic rings. The fourth-order valence-corrected chi connectivity index (χ4v) is 2.59. The number of hydrogen-bond donors (Lipinski definition) is 1. The van der Waals surface area contributed by atoms with Crippen molar-refractivity contribution in [1.29, 1.82) is 0 Å². The van der Waals surface area contributed by atoms with Crippen LogP contribution in [0.5, 0.6) is 17.2 Å². The third-order valence-electron chi connectivity index (χ3n) is 3.90. The summed E-state index contributed by atoms with van der Waals surface area (Å²) in [5, 5.41) is 4.36. The van der Waals surface area contributed by atoms with Crippen molar-refractivity contribution in [2.45, 2.75) is 13.5 Å². The second-order valence-corrected chi connectivity index (χ2v) is 5.85. The summed E-state index contributed by atoms with van der Waals surface area (Å²) in [7, 11) is 3.24. The predicted octanol–water partition coefficient (Wildman–Crippen LogP) is 3.25. The molecule has 0 fully saturated rings. The van der Waals surface area contributed by atoms with Crippen LogP contribution < -0.4 is 19.9 Å². The summed E-state index contributed by atoms with van der Waals surface area (Å²) in [4.78, 5) is 4.13. The monoisotopic (exact) mass is 366 g/mol. The highest BCUT2D eigenvalue weighted by molar-refractivity contribution is 5.85. The Labute approximate surface area is 158 Å². The molecule has 2 N–H and O–H groups in total. The third-order valence-corrected chi connectivity index (χ3v) is 3.90. The zero-order chi connectivity index (χ0) is 19.2. The number of para-hydroxylation sites is 1. The molecule has 0 unspecified atom stereocenters. The standard InChI is InChI=1S/C20H22N4O3/c1-14-12-24(20(21)23-14)22-11-16-7-5-9-18(26-3)19(16)27-13-15-6-4-8-17(10-15)25-2/h4-12H,13H2,1-3H3,(H2,21,23). The van der Waals surface area contributed by atoms with E-state index in [0.29, 0.717) is 24.1 Å². The van der Waals surface area contributed by atoms with E-state index in [0.717, 1.165) is 22.6 Å². The third kappa shape index (κ3) is 4.38. The summed E-state index contributed by atoms with van der Waals surface area (Å²) >= 11 is 0. The number of rotatable bonds is 7. The van der Waals surface area contributed by atoms with E-state index < -0.39 is 0 Å². The lowest BCUT2D eigenvalue weighted by molar-refractivity contribution is 0.283. The molecule has 7 nitrogen and oxygen atoms in total. The largest absolute Gasteiger partial charge is 0.497 e. The Morgan fingerprint density at radius 2 is 1.96 bits per heavy atom. The number of methoxy groups -OCH3 is 2. The van der Waals surface area contributed by atoms with Gasteiger partial charge in [0, 0.05) is 5.56 Å². The Morgan fingerprint density at radius 3 is 2.67 bits per heavy atom. The number of aryl methyl sites for hydroxylation is 1. The normalized spacial score (nSPS) is 10.9. The quantitative estimate of drug-likeness (QED) is 0.649. The predicted molar refractivity (Wildman–Crippen MR) is 105 cm³/mol. The average molecular weight is 366 g/mol. The van der Waals surface area contributed by atoms with Crippen molar-refractivity contribution in [2.75, 3.05) is 20.0 Å². The number of nitrogens with two attached hydrogens (primary N) is 1. The van der Waals surface area contributed by atoms with Gasteiger partial charge in [-0.1, -0.05) is 18.2 Å². The minimum atomic E-state index is 0.325. The first-order valence-corrected chi connectivity index (χ1v) is 8.39. The van der Waals surface area contributed by atoms with Gasteiger partial charge < -0.3 is 19.9 Å². The highest BCUT2D eigenvalue weighted by Gasteiger charge is 2.10. The highest BCUT2D eigenvalue weighted by atomic mass is 16.5. The second kappa shape index (κ2) is 8.27. The molecular weight excluding hydrogens is 344 g/mol. The lowest BCUT2D eigenvalue weighted by Crippen LogP contribution is -2.02. The van der Waals surface area contributed by atoms with Gasteiger partial charge in [0.05, 0.1) is 32.3 Å². The van der Waals surface area contributed by atoms with E-state index in [1.165, 1.54) is 4.68 Å². The van der Waals surface area contributed by atoms with Crippen molar-refractivity contribution in [2.24, 2.45) is 5.10 Å². The van der Waals surface area contributed by atoms with Gasteiger partial charge in [-0.15, -0.1) is 0 Å². The van der Waals surface area contributed by atoms with Crippen LogP contribution in [0, 0.1) is 6.92 Å². The Bertz CT molecular complexity index is 950. The number of benzene rings is 2. The molecule has 27 heavy (non-hydrogen) atoms. The average Bonchev–Trinajstić information content (AvgIpc) is 3.02. The van der Waals surface area contributed by atoms with Gasteiger partial charge in [-0.3, -0.25) is 0 Å². The van der Waals surface area contributed by atoms with Crippen molar-refractivity contribution in [3.8, 4) is 17.2 Å². The summed E-state index contributed by atoms with van der Waals surface area (Å²) in [6.45, 7) is 2.22. The van der Waals surface area contributed by atoms with Gasteiger partial charge in [0.25, 0.3) is 0 Å². The van der Waals surface area contributed by atoms with E-state index in [2.05, 4.69) is 10.1 Å². The Kier molecular flexibility index (Phi) is 5.61. The number of ether oxygens (including phenoxy) is 3. The number of imidazole rings is 1. The molecule has 0 amide bonds. The van der Waals surface area contributed by atoms with Gasteiger partial charge in [0.1, 0.15) is 12.4 Å². The SMILES string of the molecule is COc1cccc(COc2c(C=Nn3cc(C)nc3N)cccc2OC)c1. The summed E-state index contributed by atoms with van der Waals surface area (Å²) in [6.07, 6.45) is 3.42. The van der Waals surface area contributed by atoms with Gasteiger partial charge >= 0.3 is 0 Å². The van der Waals surface area contributed by atoms with Crippen LogP contribution in [0.4, 0.5) is 5.95 Å². The molecule has 0 radical (unpaired) electrons. The zero-order valence-corrected chi connectivity index (χ0v) is 15.5. The van der Waals surface area contributed by atoms with Gasteiger partial charge in [0.2, 0.25) is 5.95 Å².